The van der Waals surface area contributed by atoms with Crippen molar-refractivity contribution in [2.24, 2.45) is 16.8 Å². The quantitative estimate of drug-likeness (QED) is 0.394. The Balaban J connectivity index is 0.00000264. The molecule has 1 heterocycles. The highest BCUT2D eigenvalue weighted by molar-refractivity contribution is 14.0. The number of halogens is 1. The van der Waals surface area contributed by atoms with E-state index in [-0.39, 0.29) is 24.0 Å². The Morgan fingerprint density at radius 1 is 1.09 bits per heavy atom. The molecular weight excluding hydrogens is 399 g/mol. The van der Waals surface area contributed by atoms with Crippen molar-refractivity contribution in [1.29, 1.82) is 0 Å². The summed E-state index contributed by atoms with van der Waals surface area (Å²) in [6.45, 7) is 8.83. The summed E-state index contributed by atoms with van der Waals surface area (Å²) in [5, 5.41) is 7.11. The van der Waals surface area contributed by atoms with E-state index in [2.05, 4.69) is 36.4 Å². The Hall–Kier alpha value is -0.0400. The minimum atomic E-state index is 0. The molecule has 4 nitrogen and oxygen atoms in total. The Morgan fingerprint density at radius 3 is 2.43 bits per heavy atom. The Labute approximate surface area is 160 Å². The lowest BCUT2D eigenvalue weighted by Gasteiger charge is -2.30. The lowest BCUT2D eigenvalue weighted by atomic mass is 9.84. The molecule has 2 N–H and O–H groups in total. The summed E-state index contributed by atoms with van der Waals surface area (Å²) < 4.78 is 0. The summed E-state index contributed by atoms with van der Waals surface area (Å²) >= 11 is 0. The maximum Gasteiger partial charge on any atom is 0.191 e. The molecule has 0 aromatic heterocycles. The molecule has 2 aliphatic rings. The molecule has 0 aromatic carbocycles. The minimum Gasteiger partial charge on any atom is -0.357 e. The van der Waals surface area contributed by atoms with Gasteiger partial charge in [0, 0.05) is 25.7 Å². The van der Waals surface area contributed by atoms with Gasteiger partial charge < -0.3 is 15.5 Å². The highest BCUT2D eigenvalue weighted by atomic mass is 127. The first-order valence-electron chi connectivity index (χ1n) is 9.44. The van der Waals surface area contributed by atoms with Crippen molar-refractivity contribution in [3.8, 4) is 0 Å². The molecule has 0 amide bonds. The number of hydrogen-bond acceptors (Lipinski definition) is 2. The SMILES string of the molecule is CCNC(=NCC1CCCN(C)C1)NC1CCC(CC)CC1.I. The lowest BCUT2D eigenvalue weighted by Crippen LogP contribution is -2.45. The molecule has 1 unspecified atom stereocenters. The van der Waals surface area contributed by atoms with Gasteiger partial charge in [0.25, 0.3) is 0 Å². The van der Waals surface area contributed by atoms with Gasteiger partial charge in [0.05, 0.1) is 0 Å². The molecule has 1 aliphatic carbocycles. The van der Waals surface area contributed by atoms with E-state index in [1.165, 1.54) is 58.0 Å². The average molecular weight is 436 g/mol. The predicted octanol–water partition coefficient (Wildman–Crippen LogP) is 3.47. The fourth-order valence-corrected chi connectivity index (χ4v) is 3.87. The van der Waals surface area contributed by atoms with E-state index in [1.807, 2.05) is 0 Å². The van der Waals surface area contributed by atoms with Crippen LogP contribution in [0.4, 0.5) is 0 Å². The van der Waals surface area contributed by atoms with Crippen molar-refractivity contribution in [3.63, 3.8) is 0 Å². The van der Waals surface area contributed by atoms with Gasteiger partial charge in [-0.2, -0.15) is 0 Å². The molecule has 136 valence electrons. The van der Waals surface area contributed by atoms with Gasteiger partial charge in [-0.1, -0.05) is 13.3 Å². The van der Waals surface area contributed by atoms with Crippen LogP contribution in [0.2, 0.25) is 0 Å². The van der Waals surface area contributed by atoms with Crippen molar-refractivity contribution in [2.75, 3.05) is 33.2 Å². The maximum absolute atomic E-state index is 4.87. The summed E-state index contributed by atoms with van der Waals surface area (Å²) in [6, 6.07) is 0.620. The van der Waals surface area contributed by atoms with Crippen LogP contribution in [0.3, 0.4) is 0 Å². The standard InChI is InChI=1S/C18H36N4.HI/c1-4-15-8-10-17(11-9-15)21-18(19-5-2)20-13-16-7-6-12-22(3)14-16;/h15-17H,4-14H2,1-3H3,(H2,19,20,21);1H. The lowest BCUT2D eigenvalue weighted by molar-refractivity contribution is 0.214. The zero-order valence-electron chi connectivity index (χ0n) is 15.3. The number of guanidine groups is 1. The second-order valence-electron chi connectivity index (χ2n) is 7.26. The monoisotopic (exact) mass is 436 g/mol. The Kier molecular flexibility index (Phi) is 10.5. The van der Waals surface area contributed by atoms with Crippen LogP contribution in [0.25, 0.3) is 0 Å². The third-order valence-corrected chi connectivity index (χ3v) is 5.34. The first-order valence-corrected chi connectivity index (χ1v) is 9.44. The molecule has 0 spiro atoms. The molecule has 1 aliphatic heterocycles. The van der Waals surface area contributed by atoms with Crippen LogP contribution in [0, 0.1) is 11.8 Å². The number of likely N-dealkylation sites (tertiary alicyclic amines) is 1. The summed E-state index contributed by atoms with van der Waals surface area (Å²) in [5.74, 6) is 2.72. The van der Waals surface area contributed by atoms with Crippen molar-refractivity contribution >= 4 is 29.9 Å². The van der Waals surface area contributed by atoms with Crippen LogP contribution in [-0.4, -0.2) is 50.1 Å². The molecule has 23 heavy (non-hydrogen) atoms. The molecule has 5 heteroatoms. The first kappa shape index (κ1) is 21.0. The fourth-order valence-electron chi connectivity index (χ4n) is 3.87. The molecular formula is C18H37IN4. The second-order valence-corrected chi connectivity index (χ2v) is 7.26. The average Bonchev–Trinajstić information content (AvgIpc) is 2.54. The van der Waals surface area contributed by atoms with E-state index in [0.717, 1.165) is 30.9 Å². The first-order chi connectivity index (χ1) is 10.7. The molecule has 0 radical (unpaired) electrons. The molecule has 2 rings (SSSR count). The molecule has 1 saturated carbocycles. The van der Waals surface area contributed by atoms with Crippen LogP contribution in [0.15, 0.2) is 4.99 Å². The van der Waals surface area contributed by atoms with E-state index in [9.17, 15) is 0 Å². The number of hydrogen-bond donors (Lipinski definition) is 2. The van der Waals surface area contributed by atoms with Gasteiger partial charge in [-0.3, -0.25) is 4.99 Å². The summed E-state index contributed by atoms with van der Waals surface area (Å²) in [5.41, 5.74) is 0. The van der Waals surface area contributed by atoms with Gasteiger partial charge in [-0.15, -0.1) is 24.0 Å². The van der Waals surface area contributed by atoms with Crippen molar-refractivity contribution in [3.05, 3.63) is 0 Å². The summed E-state index contributed by atoms with van der Waals surface area (Å²) in [4.78, 5) is 7.31. The largest absolute Gasteiger partial charge is 0.357 e. The van der Waals surface area contributed by atoms with Crippen molar-refractivity contribution in [1.82, 2.24) is 15.5 Å². The van der Waals surface area contributed by atoms with Crippen LogP contribution in [0.1, 0.15) is 58.8 Å². The Bertz CT molecular complexity index is 340. The van der Waals surface area contributed by atoms with Gasteiger partial charge in [-0.25, -0.2) is 0 Å². The van der Waals surface area contributed by atoms with E-state index in [0.29, 0.717) is 6.04 Å². The van der Waals surface area contributed by atoms with E-state index in [1.54, 1.807) is 0 Å². The number of piperidine rings is 1. The van der Waals surface area contributed by atoms with Crippen molar-refractivity contribution in [2.45, 2.75) is 64.8 Å². The number of nitrogens with zero attached hydrogens (tertiary/aromatic N) is 2. The third kappa shape index (κ3) is 7.59. The summed E-state index contributed by atoms with van der Waals surface area (Å²) in [6.07, 6.45) is 9.35. The predicted molar refractivity (Wildman–Crippen MR) is 111 cm³/mol. The van der Waals surface area contributed by atoms with E-state index in [4.69, 9.17) is 4.99 Å². The van der Waals surface area contributed by atoms with Crippen LogP contribution >= 0.6 is 24.0 Å². The van der Waals surface area contributed by atoms with Gasteiger partial charge in [0.2, 0.25) is 0 Å². The molecule has 0 bridgehead atoms. The summed E-state index contributed by atoms with van der Waals surface area (Å²) in [7, 11) is 2.23. The number of rotatable bonds is 5. The molecule has 1 atom stereocenters. The van der Waals surface area contributed by atoms with Crippen LogP contribution in [0.5, 0.6) is 0 Å². The second kappa shape index (κ2) is 11.5. The van der Waals surface area contributed by atoms with Crippen molar-refractivity contribution < 1.29 is 0 Å². The van der Waals surface area contributed by atoms with E-state index < -0.39 is 0 Å². The van der Waals surface area contributed by atoms with Crippen LogP contribution in [-0.2, 0) is 0 Å². The molecule has 1 saturated heterocycles. The highest BCUT2D eigenvalue weighted by Gasteiger charge is 2.21. The van der Waals surface area contributed by atoms with E-state index >= 15 is 0 Å². The topological polar surface area (TPSA) is 39.7 Å². The Morgan fingerprint density at radius 2 is 1.83 bits per heavy atom. The van der Waals surface area contributed by atoms with Gasteiger partial charge in [-0.05, 0) is 70.9 Å². The van der Waals surface area contributed by atoms with Gasteiger partial charge >= 0.3 is 0 Å². The molecule has 2 fully saturated rings. The number of nitrogens with one attached hydrogen (secondary N) is 2. The molecule has 0 aromatic rings. The third-order valence-electron chi connectivity index (χ3n) is 5.34. The van der Waals surface area contributed by atoms with Gasteiger partial charge in [0.1, 0.15) is 0 Å². The maximum atomic E-state index is 4.87. The highest BCUT2D eigenvalue weighted by Crippen LogP contribution is 2.26. The zero-order valence-corrected chi connectivity index (χ0v) is 17.6. The van der Waals surface area contributed by atoms with Gasteiger partial charge in [0.15, 0.2) is 5.96 Å². The fraction of sp³-hybridized carbons (Fsp3) is 0.944. The minimum absolute atomic E-state index is 0. The van der Waals surface area contributed by atoms with Crippen LogP contribution < -0.4 is 10.6 Å². The normalized spacial score (nSPS) is 29.7. The number of aliphatic imine (C=N–C) groups is 1. The zero-order chi connectivity index (χ0) is 15.8. The smallest absolute Gasteiger partial charge is 0.191 e.